The van der Waals surface area contributed by atoms with Gasteiger partial charge in [0.25, 0.3) is 5.91 Å². The molecule has 1 amide bonds. The summed E-state index contributed by atoms with van der Waals surface area (Å²) in [4.78, 5) is 11.4. The summed E-state index contributed by atoms with van der Waals surface area (Å²) in [5.41, 5.74) is -1.54. The molecule has 3 nitrogen and oxygen atoms in total. The molecule has 0 radical (unpaired) electrons. The average molecular weight is 257 g/mol. The molecule has 18 heavy (non-hydrogen) atoms. The van der Waals surface area contributed by atoms with Crippen molar-refractivity contribution in [2.45, 2.75) is 38.6 Å². The van der Waals surface area contributed by atoms with Crippen LogP contribution in [-0.4, -0.2) is 22.7 Å². The Balaban J connectivity index is 2.70. The van der Waals surface area contributed by atoms with Crippen molar-refractivity contribution >= 4 is 5.91 Å². The van der Waals surface area contributed by atoms with Gasteiger partial charge in [0, 0.05) is 0 Å². The molecule has 0 heterocycles. The molecule has 2 atom stereocenters. The number of hydrogen-bond acceptors (Lipinski definition) is 2. The molecule has 5 heteroatoms. The molecular formula is C13H17F2NO2. The molecule has 0 aliphatic rings. The van der Waals surface area contributed by atoms with Crippen molar-refractivity contribution in [3.05, 3.63) is 35.6 Å². The lowest BCUT2D eigenvalue weighted by Crippen LogP contribution is -2.45. The van der Waals surface area contributed by atoms with Crippen LogP contribution in [0.4, 0.5) is 8.78 Å². The van der Waals surface area contributed by atoms with Crippen LogP contribution in [0.25, 0.3) is 0 Å². The van der Waals surface area contributed by atoms with E-state index in [1.54, 1.807) is 6.92 Å². The van der Waals surface area contributed by atoms with Gasteiger partial charge in [0.2, 0.25) is 0 Å². The minimum absolute atomic E-state index is 0.410. The van der Waals surface area contributed by atoms with Crippen molar-refractivity contribution in [3.8, 4) is 0 Å². The number of amides is 1. The Hall–Kier alpha value is -1.49. The van der Waals surface area contributed by atoms with Crippen LogP contribution in [0.15, 0.2) is 24.3 Å². The van der Waals surface area contributed by atoms with E-state index < -0.39 is 29.5 Å². The Morgan fingerprint density at radius 3 is 2.28 bits per heavy atom. The molecule has 0 saturated carbocycles. The number of benzene rings is 1. The van der Waals surface area contributed by atoms with Gasteiger partial charge in [-0.25, -0.2) is 8.78 Å². The van der Waals surface area contributed by atoms with Gasteiger partial charge < -0.3 is 10.4 Å². The summed E-state index contributed by atoms with van der Waals surface area (Å²) in [5, 5.41) is 12.3. The summed E-state index contributed by atoms with van der Waals surface area (Å²) >= 11 is 0. The fourth-order valence-corrected chi connectivity index (χ4v) is 1.41. The predicted molar refractivity (Wildman–Crippen MR) is 64.2 cm³/mol. The summed E-state index contributed by atoms with van der Waals surface area (Å²) in [5.74, 6) is -1.20. The minimum Gasteiger partial charge on any atom is -0.386 e. The van der Waals surface area contributed by atoms with Crippen LogP contribution in [0.3, 0.4) is 0 Å². The summed E-state index contributed by atoms with van der Waals surface area (Å²) in [6.07, 6.45) is -1.02. The van der Waals surface area contributed by atoms with E-state index in [2.05, 4.69) is 5.32 Å². The zero-order valence-electron chi connectivity index (χ0n) is 10.6. The largest absolute Gasteiger partial charge is 0.386 e. The van der Waals surface area contributed by atoms with Gasteiger partial charge in [-0.2, -0.15) is 0 Å². The molecule has 0 spiro atoms. The Morgan fingerprint density at radius 1 is 1.33 bits per heavy atom. The van der Waals surface area contributed by atoms with Crippen LogP contribution in [0.2, 0.25) is 0 Å². The maximum absolute atomic E-state index is 13.3. The first-order chi connectivity index (χ1) is 8.21. The Kier molecular flexibility index (Phi) is 4.40. The third-order valence-corrected chi connectivity index (χ3v) is 2.58. The summed E-state index contributed by atoms with van der Waals surface area (Å²) in [6, 6.07) is 4.60. The van der Waals surface area contributed by atoms with Crippen LogP contribution < -0.4 is 5.32 Å². The van der Waals surface area contributed by atoms with Crippen LogP contribution in [0, 0.1) is 5.82 Å². The molecule has 0 aliphatic heterocycles. The predicted octanol–water partition coefficient (Wildman–Crippen LogP) is 2.11. The molecule has 1 rings (SSSR count). The van der Waals surface area contributed by atoms with E-state index in [0.717, 1.165) is 13.8 Å². The molecular weight excluding hydrogens is 240 g/mol. The topological polar surface area (TPSA) is 49.3 Å². The van der Waals surface area contributed by atoms with Crippen molar-refractivity contribution in [2.75, 3.05) is 0 Å². The molecule has 0 aromatic heterocycles. The molecule has 0 aliphatic carbocycles. The zero-order valence-corrected chi connectivity index (χ0v) is 10.6. The normalized spacial score (nSPS) is 15.0. The first-order valence-corrected chi connectivity index (χ1v) is 5.65. The Labute approximate surface area is 105 Å². The van der Waals surface area contributed by atoms with Crippen molar-refractivity contribution < 1.29 is 18.7 Å². The minimum atomic E-state index is -2.00. The van der Waals surface area contributed by atoms with Gasteiger partial charge in [-0.1, -0.05) is 12.1 Å². The summed E-state index contributed by atoms with van der Waals surface area (Å²) < 4.78 is 26.0. The number of hydrogen-bond donors (Lipinski definition) is 2. The van der Waals surface area contributed by atoms with Gasteiger partial charge in [-0.15, -0.1) is 0 Å². The van der Waals surface area contributed by atoms with Crippen molar-refractivity contribution in [1.29, 1.82) is 0 Å². The van der Waals surface area contributed by atoms with Gasteiger partial charge in [0.1, 0.15) is 5.82 Å². The van der Waals surface area contributed by atoms with Gasteiger partial charge in [0.05, 0.1) is 12.1 Å². The third-order valence-electron chi connectivity index (χ3n) is 2.58. The molecule has 0 saturated heterocycles. The maximum atomic E-state index is 13.3. The Bertz CT molecular complexity index is 412. The first-order valence-electron chi connectivity index (χ1n) is 5.65. The number of nitrogens with one attached hydrogen (secondary N) is 1. The van der Waals surface area contributed by atoms with E-state index in [1.807, 2.05) is 0 Å². The number of halogens is 2. The smallest absolute Gasteiger partial charge is 0.257 e. The number of carbonyl (C=O) groups excluding carboxylic acids is 1. The van der Waals surface area contributed by atoms with Gasteiger partial charge >= 0.3 is 0 Å². The second kappa shape index (κ2) is 5.44. The molecule has 1 aromatic carbocycles. The molecule has 100 valence electrons. The highest BCUT2D eigenvalue weighted by atomic mass is 19.1. The quantitative estimate of drug-likeness (QED) is 0.868. The Morgan fingerprint density at radius 2 is 1.83 bits per heavy atom. The van der Waals surface area contributed by atoms with Gasteiger partial charge in [-0.05, 0) is 38.5 Å². The number of rotatable bonds is 4. The van der Waals surface area contributed by atoms with E-state index >= 15 is 0 Å². The number of aliphatic hydroxyl groups is 1. The van der Waals surface area contributed by atoms with Crippen molar-refractivity contribution in [2.24, 2.45) is 0 Å². The second-order valence-corrected chi connectivity index (χ2v) is 4.73. The van der Waals surface area contributed by atoms with E-state index in [4.69, 9.17) is 0 Å². The highest BCUT2D eigenvalue weighted by Crippen LogP contribution is 2.18. The van der Waals surface area contributed by atoms with Crippen LogP contribution in [0.1, 0.15) is 32.4 Å². The molecule has 0 fully saturated rings. The first kappa shape index (κ1) is 14.6. The number of aliphatic hydroxyl groups excluding tert-OH is 1. The van der Waals surface area contributed by atoms with E-state index in [0.29, 0.717) is 5.56 Å². The van der Waals surface area contributed by atoms with Gasteiger partial charge in [0.15, 0.2) is 5.67 Å². The number of alkyl halides is 1. The lowest BCUT2D eigenvalue weighted by molar-refractivity contribution is -0.132. The van der Waals surface area contributed by atoms with Gasteiger partial charge in [-0.3, -0.25) is 4.79 Å². The van der Waals surface area contributed by atoms with Crippen molar-refractivity contribution in [3.63, 3.8) is 0 Å². The highest BCUT2D eigenvalue weighted by molar-refractivity contribution is 5.84. The third kappa shape index (κ3) is 3.77. The molecule has 0 bridgehead atoms. The highest BCUT2D eigenvalue weighted by Gasteiger charge is 2.29. The fraction of sp³-hybridized carbons (Fsp3) is 0.462. The van der Waals surface area contributed by atoms with E-state index in [9.17, 15) is 18.7 Å². The summed E-state index contributed by atoms with van der Waals surface area (Å²) in [7, 11) is 0. The van der Waals surface area contributed by atoms with Crippen LogP contribution in [-0.2, 0) is 4.79 Å². The SMILES string of the molecule is CC(NC(=O)C(C)(C)F)C(O)c1ccc(F)cc1. The van der Waals surface area contributed by atoms with E-state index in [1.165, 1.54) is 24.3 Å². The zero-order chi connectivity index (χ0) is 13.9. The monoisotopic (exact) mass is 257 g/mol. The second-order valence-electron chi connectivity index (χ2n) is 4.73. The maximum Gasteiger partial charge on any atom is 0.257 e. The molecule has 1 aromatic rings. The average Bonchev–Trinajstić information content (AvgIpc) is 2.27. The lowest BCUT2D eigenvalue weighted by atomic mass is 10.0. The lowest BCUT2D eigenvalue weighted by Gasteiger charge is -2.23. The van der Waals surface area contributed by atoms with E-state index in [-0.39, 0.29) is 0 Å². The van der Waals surface area contributed by atoms with Crippen LogP contribution >= 0.6 is 0 Å². The molecule has 2 unspecified atom stereocenters. The van der Waals surface area contributed by atoms with Crippen LogP contribution in [0.5, 0.6) is 0 Å². The number of carbonyl (C=O) groups is 1. The summed E-state index contributed by atoms with van der Waals surface area (Å²) in [6.45, 7) is 3.83. The standard InChI is InChI=1S/C13H17F2NO2/c1-8(16-12(18)13(2,3)15)11(17)9-4-6-10(14)7-5-9/h4-8,11,17H,1-3H3,(H,16,18). The fourth-order valence-electron chi connectivity index (χ4n) is 1.41. The molecule has 2 N–H and O–H groups in total. The van der Waals surface area contributed by atoms with Crippen molar-refractivity contribution in [1.82, 2.24) is 5.32 Å².